The van der Waals surface area contributed by atoms with Gasteiger partial charge in [-0.05, 0) is 122 Å². The second-order valence-electron chi connectivity index (χ2n) is 17.7. The highest BCUT2D eigenvalue weighted by molar-refractivity contribution is 5.90. The fourth-order valence-electron chi connectivity index (χ4n) is 9.86. The summed E-state index contributed by atoms with van der Waals surface area (Å²) in [5.41, 5.74) is 20.9. The van der Waals surface area contributed by atoms with E-state index in [-0.39, 0.29) is 0 Å². The van der Waals surface area contributed by atoms with Crippen molar-refractivity contribution in [2.45, 2.75) is 41.5 Å². The van der Waals surface area contributed by atoms with E-state index in [0.29, 0.717) is 17.6 Å². The summed E-state index contributed by atoms with van der Waals surface area (Å²) in [6.07, 6.45) is 0. The molecule has 10 rings (SSSR count). The molecule has 1 heterocycles. The van der Waals surface area contributed by atoms with Crippen molar-refractivity contribution in [3.05, 3.63) is 246 Å². The molecule has 5 heteroatoms. The Morgan fingerprint density at radius 1 is 0.294 bits per heavy atom. The Morgan fingerprint density at radius 3 is 1.03 bits per heavy atom. The van der Waals surface area contributed by atoms with Crippen LogP contribution in [0.5, 0.6) is 0 Å². The molecule has 0 unspecified atom stereocenters. The maximum absolute atomic E-state index is 5.51. The Kier molecular flexibility index (Phi) is 12.0. The summed E-state index contributed by atoms with van der Waals surface area (Å²) in [4.78, 5) is 21.1. The predicted molar refractivity (Wildman–Crippen MR) is 285 cm³/mol. The second-order valence-corrected chi connectivity index (χ2v) is 17.7. The average Bonchev–Trinajstić information content (AvgIpc) is 3.36. The Morgan fingerprint density at radius 2 is 0.618 bits per heavy atom. The molecular weight excluding hydrogens is 827 g/mol. The van der Waals surface area contributed by atoms with Gasteiger partial charge in [0, 0.05) is 28.1 Å². The lowest BCUT2D eigenvalue weighted by Gasteiger charge is -2.32. The fourth-order valence-corrected chi connectivity index (χ4v) is 9.86. The Bertz CT molecular complexity index is 3200. The quantitative estimate of drug-likeness (QED) is 0.130. The maximum atomic E-state index is 5.51. The van der Waals surface area contributed by atoms with Gasteiger partial charge in [0.25, 0.3) is 0 Å². The molecule has 0 amide bonds. The molecule has 9 aromatic carbocycles. The summed E-state index contributed by atoms with van der Waals surface area (Å²) in [6, 6.07) is 74.8. The summed E-state index contributed by atoms with van der Waals surface area (Å²) in [6.45, 7) is 13.2. The maximum Gasteiger partial charge on any atom is 0.238 e. The number of rotatable bonds is 11. The highest BCUT2D eigenvalue weighted by Gasteiger charge is 2.26. The van der Waals surface area contributed by atoms with E-state index in [1.165, 1.54) is 44.8 Å². The SMILES string of the molecule is Cc1cc(C)c(N(c2ccc(N(c3nc(-c4ccccc4-c4ccccc4)nc(-c4ccccc4-c4ccccc4)n3)c3ccccc3-c3ccccc3)cc2)c2c(C)cc(C)cc2C)c(C)c1. The zero-order chi connectivity index (χ0) is 46.7. The van der Waals surface area contributed by atoms with E-state index >= 15 is 0 Å². The molecule has 0 atom stereocenters. The molecular formula is C63H53N5. The number of hydrogen-bond acceptors (Lipinski definition) is 5. The van der Waals surface area contributed by atoms with Crippen LogP contribution in [0, 0.1) is 41.5 Å². The van der Waals surface area contributed by atoms with Crippen LogP contribution in [0.25, 0.3) is 56.2 Å². The van der Waals surface area contributed by atoms with Crippen molar-refractivity contribution in [1.29, 1.82) is 0 Å². The van der Waals surface area contributed by atoms with Crippen molar-refractivity contribution in [2.75, 3.05) is 9.80 Å². The van der Waals surface area contributed by atoms with Crippen LogP contribution in [0.15, 0.2) is 212 Å². The van der Waals surface area contributed by atoms with Crippen LogP contribution in [0.3, 0.4) is 0 Å². The third-order valence-corrected chi connectivity index (χ3v) is 12.6. The molecule has 0 aliphatic heterocycles. The van der Waals surface area contributed by atoms with Crippen molar-refractivity contribution in [2.24, 2.45) is 0 Å². The minimum Gasteiger partial charge on any atom is -0.309 e. The number of aryl methyl sites for hydroxylation is 6. The average molecular weight is 880 g/mol. The molecule has 330 valence electrons. The first-order valence-corrected chi connectivity index (χ1v) is 23.3. The first-order chi connectivity index (χ1) is 33.2. The first-order valence-electron chi connectivity index (χ1n) is 23.3. The Labute approximate surface area is 400 Å². The van der Waals surface area contributed by atoms with Gasteiger partial charge in [0.05, 0.1) is 17.1 Å². The largest absolute Gasteiger partial charge is 0.309 e. The van der Waals surface area contributed by atoms with Gasteiger partial charge in [-0.25, -0.2) is 4.98 Å². The summed E-state index contributed by atoms with van der Waals surface area (Å²) >= 11 is 0. The van der Waals surface area contributed by atoms with Gasteiger partial charge in [-0.3, -0.25) is 4.90 Å². The summed E-state index contributed by atoms with van der Waals surface area (Å²) in [5.74, 6) is 1.65. The Hall–Kier alpha value is -8.41. The zero-order valence-electron chi connectivity index (χ0n) is 39.4. The molecule has 0 aliphatic carbocycles. The standard InChI is InChI=1S/C63H53N5/c1-42-38-44(3)59(45(4)39-42)68(60-46(5)40-43(2)41-47(60)6)52-36-34-51(35-37-52)67(58-33-21-20-30-55(58)50-26-14-9-15-27-50)63-65-61(56-31-18-16-28-53(56)48-22-10-7-11-23-48)64-62(66-63)57-32-19-17-29-54(57)49-24-12-8-13-25-49/h7-41H,1-6H3. The van der Waals surface area contributed by atoms with Crippen LogP contribution in [0.2, 0.25) is 0 Å². The van der Waals surface area contributed by atoms with Crippen LogP contribution in [-0.2, 0) is 0 Å². The summed E-state index contributed by atoms with van der Waals surface area (Å²) in [5, 5.41) is 0. The highest BCUT2D eigenvalue weighted by atomic mass is 15.3. The minimum absolute atomic E-state index is 0.499. The van der Waals surface area contributed by atoms with E-state index in [1.54, 1.807) is 0 Å². The third kappa shape index (κ3) is 8.58. The van der Waals surface area contributed by atoms with Gasteiger partial charge in [0.1, 0.15) is 0 Å². The normalized spacial score (nSPS) is 11.1. The minimum atomic E-state index is 0.499. The van der Waals surface area contributed by atoms with Crippen molar-refractivity contribution in [3.8, 4) is 56.2 Å². The van der Waals surface area contributed by atoms with E-state index in [9.17, 15) is 0 Å². The summed E-state index contributed by atoms with van der Waals surface area (Å²) in [7, 11) is 0. The number of aromatic nitrogens is 3. The molecule has 0 bridgehead atoms. The lowest BCUT2D eigenvalue weighted by Crippen LogP contribution is -2.18. The molecule has 0 aliphatic rings. The van der Waals surface area contributed by atoms with Gasteiger partial charge in [-0.1, -0.05) is 193 Å². The van der Waals surface area contributed by atoms with Crippen LogP contribution in [0.1, 0.15) is 33.4 Å². The van der Waals surface area contributed by atoms with Crippen molar-refractivity contribution < 1.29 is 0 Å². The molecule has 5 nitrogen and oxygen atoms in total. The van der Waals surface area contributed by atoms with Crippen molar-refractivity contribution in [3.63, 3.8) is 0 Å². The lowest BCUT2D eigenvalue weighted by molar-refractivity contribution is 1.02. The van der Waals surface area contributed by atoms with Crippen LogP contribution in [-0.4, -0.2) is 15.0 Å². The van der Waals surface area contributed by atoms with E-state index in [0.717, 1.165) is 61.6 Å². The number of para-hydroxylation sites is 1. The summed E-state index contributed by atoms with van der Waals surface area (Å²) < 4.78 is 0. The second kappa shape index (κ2) is 18.8. The zero-order valence-corrected chi connectivity index (χ0v) is 39.4. The molecule has 0 saturated heterocycles. The van der Waals surface area contributed by atoms with Crippen molar-refractivity contribution >= 4 is 34.4 Å². The predicted octanol–water partition coefficient (Wildman–Crippen LogP) is 17.0. The molecule has 0 fully saturated rings. The smallest absolute Gasteiger partial charge is 0.238 e. The number of nitrogens with zero attached hydrogens (tertiary/aromatic N) is 5. The molecule has 10 aromatic rings. The van der Waals surface area contributed by atoms with Crippen LogP contribution < -0.4 is 9.80 Å². The Balaban J connectivity index is 1.23. The van der Waals surface area contributed by atoms with E-state index in [4.69, 9.17) is 15.0 Å². The van der Waals surface area contributed by atoms with Crippen molar-refractivity contribution in [1.82, 2.24) is 15.0 Å². The van der Waals surface area contributed by atoms with Gasteiger partial charge >= 0.3 is 0 Å². The molecule has 68 heavy (non-hydrogen) atoms. The molecule has 1 aromatic heterocycles. The fraction of sp³-hybridized carbons (Fsp3) is 0.0952. The van der Waals surface area contributed by atoms with Crippen LogP contribution >= 0.6 is 0 Å². The lowest BCUT2D eigenvalue weighted by atomic mass is 9.98. The topological polar surface area (TPSA) is 45.2 Å². The highest BCUT2D eigenvalue weighted by Crippen LogP contribution is 2.46. The van der Waals surface area contributed by atoms with E-state index in [1.807, 2.05) is 12.1 Å². The molecule has 0 spiro atoms. The molecule has 0 saturated carbocycles. The first kappa shape index (κ1) is 43.5. The van der Waals surface area contributed by atoms with Gasteiger partial charge in [-0.15, -0.1) is 0 Å². The van der Waals surface area contributed by atoms with E-state index in [2.05, 4.69) is 252 Å². The number of hydrogen-bond donors (Lipinski definition) is 0. The van der Waals surface area contributed by atoms with Gasteiger partial charge in [-0.2, -0.15) is 9.97 Å². The van der Waals surface area contributed by atoms with Crippen LogP contribution in [0.4, 0.5) is 34.4 Å². The number of benzene rings is 9. The monoisotopic (exact) mass is 879 g/mol. The molecule has 0 radical (unpaired) electrons. The number of anilines is 6. The van der Waals surface area contributed by atoms with Gasteiger partial charge in [0.15, 0.2) is 11.6 Å². The third-order valence-electron chi connectivity index (χ3n) is 12.6. The molecule has 0 N–H and O–H groups in total. The van der Waals surface area contributed by atoms with Gasteiger partial charge in [0.2, 0.25) is 5.95 Å². The van der Waals surface area contributed by atoms with Gasteiger partial charge < -0.3 is 4.90 Å². The van der Waals surface area contributed by atoms with E-state index < -0.39 is 0 Å².